The number of anilines is 1. The molecule has 0 bridgehead atoms. The van der Waals surface area contributed by atoms with Crippen molar-refractivity contribution in [2.45, 2.75) is 45.3 Å². The van der Waals surface area contributed by atoms with Gasteiger partial charge in [0.1, 0.15) is 5.60 Å². The number of piperazine rings is 1. The molecule has 9 nitrogen and oxygen atoms in total. The minimum atomic E-state index is -0.491. The second-order valence-corrected chi connectivity index (χ2v) is 10.5. The van der Waals surface area contributed by atoms with Crippen LogP contribution in [0.25, 0.3) is 22.3 Å². The van der Waals surface area contributed by atoms with Crippen LogP contribution in [-0.2, 0) is 4.74 Å². The van der Waals surface area contributed by atoms with Gasteiger partial charge in [-0.05, 0) is 57.7 Å². The standard InChI is InChI=1S/C27H31N7O2/c1-27(2,3)36-26(35)33-11-9-32(10-12-33)21-6-7-23-24(15-21)31-25(17-29-23)20-16-30-34(18-20)22-13-19(14-22)5-4-8-28/h4-7,15-19,22H,9-14H2,1-3H3. The van der Waals surface area contributed by atoms with Gasteiger partial charge in [0.25, 0.3) is 0 Å². The fourth-order valence-corrected chi connectivity index (χ4v) is 4.66. The van der Waals surface area contributed by atoms with Gasteiger partial charge < -0.3 is 14.5 Å². The second kappa shape index (κ2) is 9.61. The Labute approximate surface area is 211 Å². The molecule has 0 atom stereocenters. The predicted molar refractivity (Wildman–Crippen MR) is 137 cm³/mol. The normalized spacial score (nSPS) is 20.4. The molecule has 3 aromatic rings. The highest BCUT2D eigenvalue weighted by atomic mass is 16.6. The third-order valence-electron chi connectivity index (χ3n) is 6.69. The quantitative estimate of drug-likeness (QED) is 0.499. The highest BCUT2D eigenvalue weighted by Gasteiger charge is 2.29. The zero-order valence-electron chi connectivity index (χ0n) is 21.0. The maximum Gasteiger partial charge on any atom is 0.410 e. The first kappa shape index (κ1) is 23.8. The van der Waals surface area contributed by atoms with Gasteiger partial charge >= 0.3 is 6.09 Å². The number of carbonyl (C=O) groups is 1. The number of allylic oxidation sites excluding steroid dienone is 2. The molecule has 1 saturated heterocycles. The zero-order valence-corrected chi connectivity index (χ0v) is 21.0. The van der Waals surface area contributed by atoms with Gasteiger partial charge in [-0.2, -0.15) is 10.4 Å². The van der Waals surface area contributed by atoms with Crippen LogP contribution in [0, 0.1) is 17.2 Å². The van der Waals surface area contributed by atoms with E-state index in [-0.39, 0.29) is 6.09 Å². The van der Waals surface area contributed by atoms with Gasteiger partial charge in [0.05, 0.1) is 41.2 Å². The third kappa shape index (κ3) is 5.18. The Morgan fingerprint density at radius 2 is 1.92 bits per heavy atom. The lowest BCUT2D eigenvalue weighted by Crippen LogP contribution is -2.50. The Balaban J connectivity index is 1.26. The molecule has 9 heteroatoms. The molecule has 36 heavy (non-hydrogen) atoms. The minimum Gasteiger partial charge on any atom is -0.444 e. The molecule has 0 unspecified atom stereocenters. The van der Waals surface area contributed by atoms with Crippen molar-refractivity contribution in [2.24, 2.45) is 5.92 Å². The monoisotopic (exact) mass is 485 g/mol. The van der Waals surface area contributed by atoms with E-state index in [9.17, 15) is 4.79 Å². The average molecular weight is 486 g/mol. The number of nitriles is 1. The Hall–Kier alpha value is -3.93. The van der Waals surface area contributed by atoms with Gasteiger partial charge in [0.2, 0.25) is 0 Å². The Kier molecular flexibility index (Phi) is 6.35. The molecule has 1 aliphatic heterocycles. The number of hydrogen-bond acceptors (Lipinski definition) is 7. The summed E-state index contributed by atoms with van der Waals surface area (Å²) in [5, 5.41) is 13.2. The maximum absolute atomic E-state index is 12.4. The number of amides is 1. The Bertz CT molecular complexity index is 1320. The van der Waals surface area contributed by atoms with E-state index in [4.69, 9.17) is 15.0 Å². The van der Waals surface area contributed by atoms with Crippen molar-refractivity contribution in [3.05, 3.63) is 48.9 Å². The summed E-state index contributed by atoms with van der Waals surface area (Å²) < 4.78 is 7.51. The molecule has 1 aromatic carbocycles. The Morgan fingerprint density at radius 3 is 2.64 bits per heavy atom. The van der Waals surface area contributed by atoms with E-state index in [0.29, 0.717) is 25.0 Å². The molecule has 2 aliphatic rings. The highest BCUT2D eigenvalue weighted by molar-refractivity contribution is 5.81. The Morgan fingerprint density at radius 1 is 1.14 bits per heavy atom. The van der Waals surface area contributed by atoms with E-state index in [0.717, 1.165) is 53.9 Å². The fourth-order valence-electron chi connectivity index (χ4n) is 4.66. The van der Waals surface area contributed by atoms with Crippen molar-refractivity contribution in [1.82, 2.24) is 24.6 Å². The van der Waals surface area contributed by atoms with Crippen LogP contribution in [0.1, 0.15) is 39.7 Å². The third-order valence-corrected chi connectivity index (χ3v) is 6.69. The van der Waals surface area contributed by atoms with E-state index in [1.165, 1.54) is 0 Å². The van der Waals surface area contributed by atoms with Crippen molar-refractivity contribution in [3.63, 3.8) is 0 Å². The molecule has 2 fully saturated rings. The molecular weight excluding hydrogens is 454 g/mol. The van der Waals surface area contributed by atoms with E-state index in [1.54, 1.807) is 17.2 Å². The largest absolute Gasteiger partial charge is 0.444 e. The van der Waals surface area contributed by atoms with Crippen molar-refractivity contribution in [1.29, 1.82) is 5.26 Å². The maximum atomic E-state index is 12.4. The van der Waals surface area contributed by atoms with Crippen LogP contribution in [0.5, 0.6) is 0 Å². The molecule has 2 aromatic heterocycles. The van der Waals surface area contributed by atoms with Crippen LogP contribution in [0.4, 0.5) is 10.5 Å². The van der Waals surface area contributed by atoms with Crippen LogP contribution >= 0.6 is 0 Å². The van der Waals surface area contributed by atoms with Gasteiger partial charge in [-0.3, -0.25) is 9.67 Å². The second-order valence-electron chi connectivity index (χ2n) is 10.5. The van der Waals surface area contributed by atoms with Crippen LogP contribution in [0.3, 0.4) is 0 Å². The minimum absolute atomic E-state index is 0.257. The first-order valence-electron chi connectivity index (χ1n) is 12.4. The van der Waals surface area contributed by atoms with Crippen molar-refractivity contribution >= 4 is 22.8 Å². The van der Waals surface area contributed by atoms with E-state index in [1.807, 2.05) is 50.0 Å². The number of carbonyl (C=O) groups excluding carboxylic acids is 1. The van der Waals surface area contributed by atoms with E-state index in [2.05, 4.69) is 33.2 Å². The number of ether oxygens (including phenoxy) is 1. The van der Waals surface area contributed by atoms with Crippen LogP contribution in [0.2, 0.25) is 0 Å². The van der Waals surface area contributed by atoms with Crippen LogP contribution in [-0.4, -0.2) is 62.5 Å². The summed E-state index contributed by atoms with van der Waals surface area (Å²) in [5.41, 5.74) is 3.98. The number of benzene rings is 1. The van der Waals surface area contributed by atoms with Gasteiger partial charge in [0, 0.05) is 49.7 Å². The molecule has 1 aliphatic carbocycles. The van der Waals surface area contributed by atoms with E-state index >= 15 is 0 Å². The lowest BCUT2D eigenvalue weighted by molar-refractivity contribution is 0.0240. The summed E-state index contributed by atoms with van der Waals surface area (Å²) in [6, 6.07) is 8.53. The molecule has 0 radical (unpaired) electrons. The number of fused-ring (bicyclic) bond motifs is 1. The van der Waals surface area contributed by atoms with Gasteiger partial charge in [-0.1, -0.05) is 6.08 Å². The number of hydrogen-bond donors (Lipinski definition) is 0. The first-order chi connectivity index (χ1) is 17.3. The van der Waals surface area contributed by atoms with Crippen molar-refractivity contribution in [3.8, 4) is 17.3 Å². The SMILES string of the molecule is CC(C)(C)OC(=O)N1CCN(c2ccc3ncc(-c4cnn(C5CC(C=CC#N)C5)c4)nc3c2)CC1. The van der Waals surface area contributed by atoms with Crippen LogP contribution in [0.15, 0.2) is 48.9 Å². The van der Waals surface area contributed by atoms with Gasteiger partial charge in [-0.25, -0.2) is 9.78 Å². The topological polar surface area (TPSA) is 100 Å². The van der Waals surface area contributed by atoms with Crippen molar-refractivity contribution < 1.29 is 9.53 Å². The number of nitrogens with zero attached hydrogens (tertiary/aromatic N) is 7. The molecule has 3 heterocycles. The number of aromatic nitrogens is 4. The summed E-state index contributed by atoms with van der Waals surface area (Å²) in [6.07, 6.45) is 10.9. The van der Waals surface area contributed by atoms with Gasteiger partial charge in [0.15, 0.2) is 0 Å². The van der Waals surface area contributed by atoms with Crippen molar-refractivity contribution in [2.75, 3.05) is 31.1 Å². The summed E-state index contributed by atoms with van der Waals surface area (Å²) in [5.74, 6) is 0.451. The smallest absolute Gasteiger partial charge is 0.410 e. The first-order valence-corrected chi connectivity index (χ1v) is 12.4. The van der Waals surface area contributed by atoms with Crippen LogP contribution < -0.4 is 4.90 Å². The van der Waals surface area contributed by atoms with Gasteiger partial charge in [-0.15, -0.1) is 0 Å². The molecule has 0 spiro atoms. The lowest BCUT2D eigenvalue weighted by Gasteiger charge is -2.36. The predicted octanol–water partition coefficient (Wildman–Crippen LogP) is 4.58. The summed E-state index contributed by atoms with van der Waals surface area (Å²) in [7, 11) is 0. The fraction of sp³-hybridized carbons (Fsp3) is 0.444. The summed E-state index contributed by atoms with van der Waals surface area (Å²) >= 11 is 0. The molecular formula is C27H31N7O2. The molecule has 5 rings (SSSR count). The summed E-state index contributed by atoms with van der Waals surface area (Å²) in [6.45, 7) is 8.35. The zero-order chi connectivity index (χ0) is 25.3. The lowest BCUT2D eigenvalue weighted by atomic mass is 9.80. The molecule has 0 N–H and O–H groups in total. The molecule has 186 valence electrons. The number of rotatable bonds is 4. The highest BCUT2D eigenvalue weighted by Crippen LogP contribution is 2.38. The average Bonchev–Trinajstić information content (AvgIpc) is 3.31. The molecule has 1 saturated carbocycles. The molecule has 1 amide bonds. The van der Waals surface area contributed by atoms with E-state index < -0.39 is 5.60 Å². The summed E-state index contributed by atoms with van der Waals surface area (Å²) in [4.78, 5) is 25.9.